The van der Waals surface area contributed by atoms with Gasteiger partial charge in [0.25, 0.3) is 0 Å². The summed E-state index contributed by atoms with van der Waals surface area (Å²) in [7, 11) is 0. The van der Waals surface area contributed by atoms with Crippen LogP contribution >= 0.6 is 11.8 Å². The third-order valence-corrected chi connectivity index (χ3v) is 5.33. The van der Waals surface area contributed by atoms with Crippen LogP contribution in [0.2, 0.25) is 0 Å². The molecule has 3 rings (SSSR count). The highest BCUT2D eigenvalue weighted by atomic mass is 32.2. The highest BCUT2D eigenvalue weighted by molar-refractivity contribution is 8.00. The van der Waals surface area contributed by atoms with Crippen molar-refractivity contribution in [2.45, 2.75) is 50.6 Å². The lowest BCUT2D eigenvalue weighted by atomic mass is 10.1. The molecule has 1 atom stereocenters. The molecule has 2 heterocycles. The number of imide groups is 1. The molecule has 3 amide bonds. The summed E-state index contributed by atoms with van der Waals surface area (Å²) in [4.78, 5) is 28.8. The Bertz CT molecular complexity index is 1080. The Balaban J connectivity index is 1.90. The number of carbonyl (C=O) groups excluding carboxylic acids is 2. The van der Waals surface area contributed by atoms with E-state index in [9.17, 15) is 9.59 Å². The van der Waals surface area contributed by atoms with Crippen molar-refractivity contribution in [3.63, 3.8) is 0 Å². The summed E-state index contributed by atoms with van der Waals surface area (Å²) in [6.07, 6.45) is 3.42. The summed E-state index contributed by atoms with van der Waals surface area (Å²) >= 11 is 1.23. The number of hydrogen-bond donors (Lipinski definition) is 2. The van der Waals surface area contributed by atoms with Crippen LogP contribution in [0, 0.1) is 6.92 Å². The second-order valence-electron chi connectivity index (χ2n) is 8.12. The molecule has 31 heavy (non-hydrogen) atoms. The fourth-order valence-corrected chi connectivity index (χ4v) is 3.72. The van der Waals surface area contributed by atoms with Crippen LogP contribution in [-0.2, 0) is 4.79 Å². The molecular formula is C22H26N6O2S. The van der Waals surface area contributed by atoms with Crippen LogP contribution in [0.15, 0.2) is 53.9 Å². The summed E-state index contributed by atoms with van der Waals surface area (Å²) in [5.41, 5.74) is 2.32. The molecule has 162 valence electrons. The Morgan fingerprint density at radius 3 is 2.48 bits per heavy atom. The monoisotopic (exact) mass is 438 g/mol. The smallest absolute Gasteiger partial charge is 0.321 e. The Morgan fingerprint density at radius 1 is 1.10 bits per heavy atom. The van der Waals surface area contributed by atoms with Gasteiger partial charge in [-0.1, -0.05) is 30.0 Å². The first-order valence-electron chi connectivity index (χ1n) is 9.87. The topological polar surface area (TPSA) is 102 Å². The predicted molar refractivity (Wildman–Crippen MR) is 121 cm³/mol. The molecule has 8 nitrogen and oxygen atoms in total. The van der Waals surface area contributed by atoms with E-state index < -0.39 is 22.7 Å². The number of amides is 3. The van der Waals surface area contributed by atoms with Crippen molar-refractivity contribution in [2.24, 2.45) is 0 Å². The van der Waals surface area contributed by atoms with Crippen LogP contribution in [-0.4, -0.2) is 42.5 Å². The van der Waals surface area contributed by atoms with Crippen molar-refractivity contribution < 1.29 is 9.59 Å². The van der Waals surface area contributed by atoms with E-state index in [0.717, 1.165) is 16.8 Å². The van der Waals surface area contributed by atoms with E-state index in [1.54, 1.807) is 19.3 Å². The molecule has 0 radical (unpaired) electrons. The molecule has 1 unspecified atom stereocenters. The first kappa shape index (κ1) is 22.5. The molecule has 0 bridgehead atoms. The zero-order valence-electron chi connectivity index (χ0n) is 18.2. The number of thioether (sulfide) groups is 1. The minimum atomic E-state index is -0.570. The molecule has 0 aliphatic heterocycles. The number of aromatic nitrogens is 4. The fraction of sp³-hybridized carbons (Fsp3) is 0.318. The summed E-state index contributed by atoms with van der Waals surface area (Å²) in [5.74, 6) is 0.219. The summed E-state index contributed by atoms with van der Waals surface area (Å²) in [6.45, 7) is 9.27. The summed E-state index contributed by atoms with van der Waals surface area (Å²) in [6, 6.07) is 11.1. The predicted octanol–water partition coefficient (Wildman–Crippen LogP) is 3.74. The van der Waals surface area contributed by atoms with E-state index in [-0.39, 0.29) is 0 Å². The minimum Gasteiger partial charge on any atom is -0.333 e. The number of para-hydroxylation sites is 1. The Hall–Kier alpha value is -3.20. The zero-order chi connectivity index (χ0) is 22.6. The van der Waals surface area contributed by atoms with Gasteiger partial charge in [-0.05, 0) is 58.4 Å². The first-order valence-corrected chi connectivity index (χ1v) is 10.7. The van der Waals surface area contributed by atoms with E-state index in [2.05, 4.69) is 25.8 Å². The number of aryl methyl sites for hydroxylation is 1. The molecule has 2 aromatic heterocycles. The maximum absolute atomic E-state index is 12.6. The number of pyridine rings is 1. The molecular weight excluding hydrogens is 412 g/mol. The average molecular weight is 439 g/mol. The average Bonchev–Trinajstić information content (AvgIpc) is 3.10. The van der Waals surface area contributed by atoms with Gasteiger partial charge in [0.05, 0.1) is 10.9 Å². The van der Waals surface area contributed by atoms with Gasteiger partial charge < -0.3 is 5.32 Å². The molecule has 0 saturated carbocycles. The van der Waals surface area contributed by atoms with Gasteiger partial charge in [-0.25, -0.2) is 4.79 Å². The lowest BCUT2D eigenvalue weighted by Gasteiger charge is -2.21. The standard InChI is InChI=1S/C22H26N6O2S/c1-14-9-6-7-11-17(14)28-18(16-10-8-12-23-13-16)26-27-21(28)31-15(2)19(29)24-20(30)25-22(3,4)5/h6-13,15H,1-5H3,(H2,24,25,29,30). The Kier molecular flexibility index (Phi) is 6.74. The van der Waals surface area contributed by atoms with E-state index in [1.165, 1.54) is 11.8 Å². The Morgan fingerprint density at radius 2 is 1.84 bits per heavy atom. The highest BCUT2D eigenvalue weighted by Gasteiger charge is 2.24. The van der Waals surface area contributed by atoms with Gasteiger partial charge in [0.1, 0.15) is 0 Å². The molecule has 0 aliphatic carbocycles. The molecule has 0 fully saturated rings. The van der Waals surface area contributed by atoms with Crippen molar-refractivity contribution in [1.82, 2.24) is 30.4 Å². The van der Waals surface area contributed by atoms with Gasteiger partial charge in [-0.3, -0.25) is 19.7 Å². The number of benzene rings is 1. The van der Waals surface area contributed by atoms with Crippen molar-refractivity contribution >= 4 is 23.7 Å². The molecule has 2 N–H and O–H groups in total. The van der Waals surface area contributed by atoms with Crippen LogP contribution < -0.4 is 10.6 Å². The third-order valence-electron chi connectivity index (χ3n) is 4.29. The van der Waals surface area contributed by atoms with Gasteiger partial charge in [0, 0.05) is 23.5 Å². The normalized spacial score (nSPS) is 12.3. The second kappa shape index (κ2) is 9.30. The zero-order valence-corrected chi connectivity index (χ0v) is 19.0. The third kappa shape index (κ3) is 5.69. The van der Waals surface area contributed by atoms with Crippen LogP contribution in [0.25, 0.3) is 17.1 Å². The number of urea groups is 1. The second-order valence-corrected chi connectivity index (χ2v) is 9.43. The van der Waals surface area contributed by atoms with E-state index in [4.69, 9.17) is 0 Å². The van der Waals surface area contributed by atoms with Gasteiger partial charge in [0.2, 0.25) is 5.91 Å². The number of carbonyl (C=O) groups is 2. The van der Waals surface area contributed by atoms with Crippen molar-refractivity contribution in [3.8, 4) is 17.1 Å². The van der Waals surface area contributed by atoms with Crippen LogP contribution in [0.5, 0.6) is 0 Å². The van der Waals surface area contributed by atoms with Gasteiger partial charge in [0.15, 0.2) is 11.0 Å². The maximum atomic E-state index is 12.6. The number of nitrogens with zero attached hydrogens (tertiary/aromatic N) is 4. The van der Waals surface area contributed by atoms with E-state index in [1.807, 2.05) is 68.7 Å². The van der Waals surface area contributed by atoms with Crippen molar-refractivity contribution in [1.29, 1.82) is 0 Å². The number of hydrogen-bond acceptors (Lipinski definition) is 6. The molecule has 0 saturated heterocycles. The van der Waals surface area contributed by atoms with E-state index >= 15 is 0 Å². The highest BCUT2D eigenvalue weighted by Crippen LogP contribution is 2.31. The SMILES string of the molecule is Cc1ccccc1-n1c(SC(C)C(=O)NC(=O)NC(C)(C)C)nnc1-c1cccnc1. The number of rotatable bonds is 5. The van der Waals surface area contributed by atoms with Crippen LogP contribution in [0.3, 0.4) is 0 Å². The quantitative estimate of drug-likeness (QED) is 0.589. The van der Waals surface area contributed by atoms with Gasteiger partial charge >= 0.3 is 6.03 Å². The van der Waals surface area contributed by atoms with Crippen molar-refractivity contribution in [3.05, 3.63) is 54.4 Å². The fourth-order valence-electron chi connectivity index (χ4n) is 2.86. The van der Waals surface area contributed by atoms with E-state index in [0.29, 0.717) is 11.0 Å². The van der Waals surface area contributed by atoms with Crippen LogP contribution in [0.1, 0.15) is 33.3 Å². The maximum Gasteiger partial charge on any atom is 0.321 e. The largest absolute Gasteiger partial charge is 0.333 e. The van der Waals surface area contributed by atoms with Crippen molar-refractivity contribution in [2.75, 3.05) is 0 Å². The van der Waals surface area contributed by atoms with Gasteiger partial charge in [-0.15, -0.1) is 10.2 Å². The lowest BCUT2D eigenvalue weighted by Crippen LogP contribution is -2.49. The van der Waals surface area contributed by atoms with Gasteiger partial charge in [-0.2, -0.15) is 0 Å². The minimum absolute atomic E-state index is 0.408. The lowest BCUT2D eigenvalue weighted by molar-refractivity contribution is -0.119. The first-order chi connectivity index (χ1) is 14.7. The summed E-state index contributed by atoms with van der Waals surface area (Å²) < 4.78 is 1.91. The molecule has 1 aromatic carbocycles. The molecule has 9 heteroatoms. The number of nitrogens with one attached hydrogen (secondary N) is 2. The van der Waals surface area contributed by atoms with Crippen LogP contribution in [0.4, 0.5) is 4.79 Å². The summed E-state index contributed by atoms with van der Waals surface area (Å²) in [5, 5.41) is 13.8. The molecule has 0 aliphatic rings. The molecule has 3 aromatic rings. The Labute approximate surface area is 185 Å². The molecule has 0 spiro atoms.